The first-order chi connectivity index (χ1) is 10.1. The van der Waals surface area contributed by atoms with Crippen LogP contribution in [0.3, 0.4) is 0 Å². The highest BCUT2D eigenvalue weighted by Crippen LogP contribution is 2.21. The molecular weight excluding hydrogens is 354 g/mol. The van der Waals surface area contributed by atoms with E-state index < -0.39 is 6.04 Å². The van der Waals surface area contributed by atoms with Crippen molar-refractivity contribution in [2.24, 2.45) is 0 Å². The number of rotatable bonds is 5. The van der Waals surface area contributed by atoms with Crippen molar-refractivity contribution in [3.05, 3.63) is 50.9 Å². The summed E-state index contributed by atoms with van der Waals surface area (Å²) in [6.45, 7) is 2.04. The Labute approximate surface area is 134 Å². The first-order valence-corrected chi connectivity index (χ1v) is 7.90. The summed E-state index contributed by atoms with van der Waals surface area (Å²) in [7, 11) is 0. The second-order valence-corrected chi connectivity index (χ2v) is 6.84. The maximum Gasteiger partial charge on any atom is 0.262 e. The van der Waals surface area contributed by atoms with Gasteiger partial charge in [0.05, 0.1) is 8.66 Å². The highest BCUT2D eigenvalue weighted by Gasteiger charge is 2.17. The number of carbonyl (C=O) groups is 2. The molecule has 0 aliphatic heterocycles. The molecule has 2 rings (SSSR count). The Kier molecular flexibility index (Phi) is 5.46. The van der Waals surface area contributed by atoms with E-state index in [2.05, 4.69) is 31.5 Å². The molecule has 0 saturated carbocycles. The van der Waals surface area contributed by atoms with Crippen molar-refractivity contribution in [3.63, 3.8) is 0 Å². The Morgan fingerprint density at radius 1 is 1.38 bits per heavy atom. The number of carbonyl (C=O) groups excluding carboxylic acids is 2. The van der Waals surface area contributed by atoms with E-state index in [-0.39, 0.29) is 11.8 Å². The summed E-state index contributed by atoms with van der Waals surface area (Å²) in [4.78, 5) is 28.4. The lowest BCUT2D eigenvalue weighted by Gasteiger charge is -2.13. The van der Waals surface area contributed by atoms with Crippen molar-refractivity contribution >= 4 is 39.1 Å². The first-order valence-electron chi connectivity index (χ1n) is 6.29. The molecule has 0 aromatic carbocycles. The minimum Gasteiger partial charge on any atom is -0.350 e. The second kappa shape index (κ2) is 7.33. The van der Waals surface area contributed by atoms with Gasteiger partial charge in [-0.15, -0.1) is 11.3 Å². The lowest BCUT2D eigenvalue weighted by molar-refractivity contribution is -0.122. The lowest BCUT2D eigenvalue weighted by atomic mass is 10.2. The summed E-state index contributed by atoms with van der Waals surface area (Å²) in [6.07, 6.45) is 3.36. The van der Waals surface area contributed by atoms with Crippen LogP contribution in [0.1, 0.15) is 22.2 Å². The maximum absolute atomic E-state index is 11.9. The van der Waals surface area contributed by atoms with Crippen LogP contribution in [0.4, 0.5) is 0 Å². The minimum atomic E-state index is -0.602. The molecule has 2 aromatic rings. The molecule has 2 heterocycles. The van der Waals surface area contributed by atoms with Crippen LogP contribution in [0, 0.1) is 0 Å². The fourth-order valence-electron chi connectivity index (χ4n) is 1.61. The monoisotopic (exact) mass is 367 g/mol. The van der Waals surface area contributed by atoms with Gasteiger partial charge in [0, 0.05) is 18.9 Å². The van der Waals surface area contributed by atoms with Crippen molar-refractivity contribution in [2.75, 3.05) is 0 Å². The van der Waals surface area contributed by atoms with Gasteiger partial charge in [-0.1, -0.05) is 6.07 Å². The van der Waals surface area contributed by atoms with E-state index in [1.807, 2.05) is 6.07 Å². The average molecular weight is 368 g/mol. The van der Waals surface area contributed by atoms with Gasteiger partial charge in [-0.25, -0.2) is 0 Å². The summed E-state index contributed by atoms with van der Waals surface area (Å²) < 4.78 is 0.876. The zero-order valence-electron chi connectivity index (χ0n) is 11.3. The molecule has 0 aliphatic rings. The third-order valence-corrected chi connectivity index (χ3v) is 4.35. The summed E-state index contributed by atoms with van der Waals surface area (Å²) in [6, 6.07) is 6.59. The van der Waals surface area contributed by atoms with E-state index in [0.717, 1.165) is 9.35 Å². The Morgan fingerprint density at radius 3 is 2.81 bits per heavy atom. The van der Waals surface area contributed by atoms with Crippen LogP contribution in [0.15, 0.2) is 40.4 Å². The van der Waals surface area contributed by atoms with Gasteiger partial charge in [0.1, 0.15) is 6.04 Å². The van der Waals surface area contributed by atoms with Crippen molar-refractivity contribution in [3.8, 4) is 0 Å². The Balaban J connectivity index is 1.83. The van der Waals surface area contributed by atoms with Crippen LogP contribution in [0.25, 0.3) is 0 Å². The fourth-order valence-corrected chi connectivity index (χ4v) is 2.90. The third-order valence-electron chi connectivity index (χ3n) is 2.73. The molecule has 2 amide bonds. The van der Waals surface area contributed by atoms with E-state index in [4.69, 9.17) is 0 Å². The molecule has 0 unspecified atom stereocenters. The number of aromatic nitrogens is 1. The number of hydrogen-bond acceptors (Lipinski definition) is 4. The quantitative estimate of drug-likeness (QED) is 0.851. The molecule has 0 fully saturated rings. The van der Waals surface area contributed by atoms with E-state index in [9.17, 15) is 9.59 Å². The highest BCUT2D eigenvalue weighted by molar-refractivity contribution is 9.11. The summed E-state index contributed by atoms with van der Waals surface area (Å²) in [5, 5.41) is 5.43. The van der Waals surface area contributed by atoms with Gasteiger partial charge < -0.3 is 10.6 Å². The summed E-state index contributed by atoms with van der Waals surface area (Å²) >= 11 is 4.62. The number of halogens is 1. The van der Waals surface area contributed by atoms with E-state index in [0.29, 0.717) is 11.4 Å². The fraction of sp³-hybridized carbons (Fsp3) is 0.214. The normalized spacial score (nSPS) is 11.7. The molecular formula is C14H14BrN3O2S. The van der Waals surface area contributed by atoms with Crippen molar-refractivity contribution in [2.45, 2.75) is 19.5 Å². The smallest absolute Gasteiger partial charge is 0.262 e. The second-order valence-electron chi connectivity index (χ2n) is 4.38. The highest BCUT2D eigenvalue weighted by atomic mass is 79.9. The molecule has 0 bridgehead atoms. The number of hydrogen-bond donors (Lipinski definition) is 2. The SMILES string of the molecule is C[C@H](NC(=O)c1ccc(Br)s1)C(=O)NCc1cccnc1. The van der Waals surface area contributed by atoms with Gasteiger partial charge in [-0.05, 0) is 46.6 Å². The number of amides is 2. The van der Waals surface area contributed by atoms with E-state index in [1.54, 1.807) is 37.5 Å². The molecule has 2 N–H and O–H groups in total. The van der Waals surface area contributed by atoms with Crippen LogP contribution < -0.4 is 10.6 Å². The van der Waals surface area contributed by atoms with Crippen LogP contribution >= 0.6 is 27.3 Å². The maximum atomic E-state index is 11.9. The zero-order valence-corrected chi connectivity index (χ0v) is 13.7. The predicted octanol–water partition coefficient (Wildman–Crippen LogP) is 2.34. The first kappa shape index (κ1) is 15.7. The van der Waals surface area contributed by atoms with Crippen molar-refractivity contribution < 1.29 is 9.59 Å². The summed E-state index contributed by atoms with van der Waals surface area (Å²) in [5.41, 5.74) is 0.909. The molecule has 21 heavy (non-hydrogen) atoms. The van der Waals surface area contributed by atoms with Gasteiger partial charge in [0.25, 0.3) is 5.91 Å². The number of thiophene rings is 1. The van der Waals surface area contributed by atoms with E-state index >= 15 is 0 Å². The molecule has 7 heteroatoms. The van der Waals surface area contributed by atoms with Crippen LogP contribution in [-0.2, 0) is 11.3 Å². The van der Waals surface area contributed by atoms with Gasteiger partial charge in [0.15, 0.2) is 0 Å². The Hall–Kier alpha value is -1.73. The number of pyridine rings is 1. The van der Waals surface area contributed by atoms with Crippen molar-refractivity contribution in [1.29, 1.82) is 0 Å². The van der Waals surface area contributed by atoms with Gasteiger partial charge in [0.2, 0.25) is 5.91 Å². The minimum absolute atomic E-state index is 0.233. The van der Waals surface area contributed by atoms with Crippen molar-refractivity contribution in [1.82, 2.24) is 15.6 Å². The standard InChI is InChI=1S/C14H14BrN3O2S/c1-9(18-14(20)11-4-5-12(15)21-11)13(19)17-8-10-3-2-6-16-7-10/h2-7,9H,8H2,1H3,(H,17,19)(H,18,20)/t9-/m0/s1. The largest absolute Gasteiger partial charge is 0.350 e. The Bertz CT molecular complexity index is 630. The topological polar surface area (TPSA) is 71.1 Å². The zero-order chi connectivity index (χ0) is 15.2. The van der Waals surface area contributed by atoms with Crippen LogP contribution in [0.5, 0.6) is 0 Å². The van der Waals surface area contributed by atoms with Crippen LogP contribution in [-0.4, -0.2) is 22.8 Å². The molecule has 0 spiro atoms. The predicted molar refractivity (Wildman–Crippen MR) is 85.0 cm³/mol. The van der Waals surface area contributed by atoms with Crippen LogP contribution in [0.2, 0.25) is 0 Å². The molecule has 110 valence electrons. The molecule has 0 saturated heterocycles. The lowest BCUT2D eigenvalue weighted by Crippen LogP contribution is -2.44. The molecule has 1 atom stereocenters. The van der Waals surface area contributed by atoms with Gasteiger partial charge >= 0.3 is 0 Å². The number of nitrogens with one attached hydrogen (secondary N) is 2. The molecule has 0 aliphatic carbocycles. The van der Waals surface area contributed by atoms with Gasteiger partial charge in [-0.2, -0.15) is 0 Å². The van der Waals surface area contributed by atoms with E-state index in [1.165, 1.54) is 11.3 Å². The molecule has 2 aromatic heterocycles. The Morgan fingerprint density at radius 2 is 2.19 bits per heavy atom. The average Bonchev–Trinajstić information content (AvgIpc) is 2.92. The van der Waals surface area contributed by atoms with Gasteiger partial charge in [-0.3, -0.25) is 14.6 Å². The molecule has 5 nitrogen and oxygen atoms in total. The third kappa shape index (κ3) is 4.64. The number of nitrogens with zero attached hydrogens (tertiary/aromatic N) is 1. The molecule has 0 radical (unpaired) electrons. The summed E-state index contributed by atoms with van der Waals surface area (Å²) in [5.74, 6) is -0.488.